The Morgan fingerprint density at radius 3 is 2.65 bits per heavy atom. The van der Waals surface area contributed by atoms with E-state index < -0.39 is 21.1 Å². The quantitative estimate of drug-likeness (QED) is 0.870. The number of nitrogens with one attached hydrogen (secondary N) is 2. The summed E-state index contributed by atoms with van der Waals surface area (Å²) in [4.78, 5) is 0. The zero-order valence-electron chi connectivity index (χ0n) is 9.50. The van der Waals surface area contributed by atoms with Gasteiger partial charge in [-0.15, -0.1) is 0 Å². The molecule has 0 aliphatic carbocycles. The molecule has 0 saturated carbocycles. The smallest absolute Gasteiger partial charge is 0.236 e. The summed E-state index contributed by atoms with van der Waals surface area (Å²) < 4.78 is 39.3. The predicted molar refractivity (Wildman–Crippen MR) is 70.0 cm³/mol. The lowest BCUT2D eigenvalue weighted by Gasteiger charge is -2.14. The van der Waals surface area contributed by atoms with Crippen LogP contribution in [0.2, 0.25) is 0 Å². The number of rotatable bonds is 5. The third-order valence-corrected chi connectivity index (χ3v) is 4.56. The highest BCUT2D eigenvalue weighted by Gasteiger charge is 2.19. The van der Waals surface area contributed by atoms with Crippen LogP contribution in [0.5, 0.6) is 0 Å². The molecule has 2 N–H and O–H groups in total. The zero-order chi connectivity index (χ0) is 13.1. The van der Waals surface area contributed by atoms with Crippen molar-refractivity contribution in [3.63, 3.8) is 0 Å². The van der Waals surface area contributed by atoms with Gasteiger partial charge in [0, 0.05) is 12.2 Å². The van der Waals surface area contributed by atoms with Gasteiger partial charge >= 0.3 is 0 Å². The summed E-state index contributed by atoms with van der Waals surface area (Å²) in [5, 5.41) is 2.22. The van der Waals surface area contributed by atoms with E-state index in [2.05, 4.69) is 26.0 Å². The maximum Gasteiger partial charge on any atom is 0.236 e. The molecule has 0 fully saturated rings. The molecule has 0 aromatic heterocycles. The highest BCUT2D eigenvalue weighted by Crippen LogP contribution is 2.21. The van der Waals surface area contributed by atoms with Gasteiger partial charge in [0.25, 0.3) is 0 Å². The molecule has 96 valence electrons. The highest BCUT2D eigenvalue weighted by molar-refractivity contribution is 9.10. The largest absolute Gasteiger partial charge is 0.318 e. The summed E-state index contributed by atoms with van der Waals surface area (Å²) in [5.41, 5.74) is 0.334. The lowest BCUT2D eigenvalue weighted by atomic mass is 10.3. The number of anilines is 1. The first-order valence-electron chi connectivity index (χ1n) is 4.98. The number of sulfonamides is 1. The third kappa shape index (κ3) is 3.93. The SMILES string of the molecule is CNCC(C)S(=O)(=O)Nc1ccc(F)c(Br)c1. The lowest BCUT2D eigenvalue weighted by molar-refractivity contribution is 0.583. The third-order valence-electron chi connectivity index (χ3n) is 2.20. The van der Waals surface area contributed by atoms with Gasteiger partial charge in [0.2, 0.25) is 10.0 Å². The predicted octanol–water partition coefficient (Wildman–Crippen LogP) is 1.94. The molecule has 0 bridgehead atoms. The second-order valence-electron chi connectivity index (χ2n) is 3.64. The van der Waals surface area contributed by atoms with E-state index in [0.29, 0.717) is 12.2 Å². The molecule has 1 atom stereocenters. The summed E-state index contributed by atoms with van der Waals surface area (Å²) in [5.74, 6) is -0.434. The molecule has 0 saturated heterocycles. The fourth-order valence-electron chi connectivity index (χ4n) is 1.22. The van der Waals surface area contributed by atoms with E-state index >= 15 is 0 Å². The van der Waals surface area contributed by atoms with Crippen LogP contribution in [0.3, 0.4) is 0 Å². The first kappa shape index (κ1) is 14.4. The van der Waals surface area contributed by atoms with E-state index in [-0.39, 0.29) is 4.47 Å². The molecule has 1 rings (SSSR count). The van der Waals surface area contributed by atoms with Crippen molar-refractivity contribution in [3.05, 3.63) is 28.5 Å². The van der Waals surface area contributed by atoms with Crippen LogP contribution in [0.15, 0.2) is 22.7 Å². The van der Waals surface area contributed by atoms with Crippen LogP contribution in [0.25, 0.3) is 0 Å². The standard InChI is InChI=1S/C10H14BrFN2O2S/c1-7(6-13-2)17(15,16)14-8-3-4-10(12)9(11)5-8/h3-5,7,13-14H,6H2,1-2H3. The maximum atomic E-state index is 13.0. The van der Waals surface area contributed by atoms with Crippen molar-refractivity contribution < 1.29 is 12.8 Å². The summed E-state index contributed by atoms with van der Waals surface area (Å²) in [6.45, 7) is 1.94. The van der Waals surface area contributed by atoms with Gasteiger partial charge in [-0.25, -0.2) is 12.8 Å². The Hall–Kier alpha value is -0.660. The Bertz CT molecular complexity index is 493. The molecule has 1 unspecified atom stereocenters. The van der Waals surface area contributed by atoms with Gasteiger partial charge < -0.3 is 5.32 Å². The van der Waals surface area contributed by atoms with Crippen molar-refractivity contribution in [1.29, 1.82) is 0 Å². The number of benzene rings is 1. The second-order valence-corrected chi connectivity index (χ2v) is 6.60. The monoisotopic (exact) mass is 324 g/mol. The molecule has 0 aliphatic rings. The lowest BCUT2D eigenvalue weighted by Crippen LogP contribution is -2.33. The van der Waals surface area contributed by atoms with Crippen molar-refractivity contribution in [2.75, 3.05) is 18.3 Å². The number of hydrogen-bond donors (Lipinski definition) is 2. The number of hydrogen-bond acceptors (Lipinski definition) is 3. The Balaban J connectivity index is 2.86. The summed E-state index contributed by atoms with van der Waals surface area (Å²) >= 11 is 3.00. The molecular weight excluding hydrogens is 311 g/mol. The van der Waals surface area contributed by atoms with Crippen LogP contribution in [-0.2, 0) is 10.0 Å². The van der Waals surface area contributed by atoms with Gasteiger partial charge in [0.1, 0.15) is 5.82 Å². The van der Waals surface area contributed by atoms with E-state index in [1.54, 1.807) is 14.0 Å². The number of halogens is 2. The van der Waals surface area contributed by atoms with Crippen LogP contribution >= 0.6 is 15.9 Å². The van der Waals surface area contributed by atoms with Crippen molar-refractivity contribution in [3.8, 4) is 0 Å². The van der Waals surface area contributed by atoms with Gasteiger partial charge in [-0.3, -0.25) is 4.72 Å². The molecule has 0 spiro atoms. The van der Waals surface area contributed by atoms with Crippen molar-refractivity contribution in [2.45, 2.75) is 12.2 Å². The molecule has 4 nitrogen and oxygen atoms in total. The van der Waals surface area contributed by atoms with E-state index in [1.165, 1.54) is 18.2 Å². The summed E-state index contributed by atoms with van der Waals surface area (Å²) in [7, 11) is -1.78. The second kappa shape index (κ2) is 5.79. The molecule has 7 heteroatoms. The van der Waals surface area contributed by atoms with Gasteiger partial charge in [-0.1, -0.05) is 0 Å². The van der Waals surface area contributed by atoms with Gasteiger partial charge in [0.05, 0.1) is 9.72 Å². The fourth-order valence-corrected chi connectivity index (χ4v) is 2.64. The average molecular weight is 325 g/mol. The Morgan fingerprint density at radius 1 is 1.47 bits per heavy atom. The fraction of sp³-hybridized carbons (Fsp3) is 0.400. The Labute approximate surface area is 109 Å². The normalized spacial score (nSPS) is 13.4. The van der Waals surface area contributed by atoms with Crippen LogP contribution in [0, 0.1) is 5.82 Å². The minimum absolute atomic E-state index is 0.221. The highest BCUT2D eigenvalue weighted by atomic mass is 79.9. The minimum atomic E-state index is -3.46. The molecule has 0 amide bonds. The van der Waals surface area contributed by atoms with Gasteiger partial charge in [0.15, 0.2) is 0 Å². The molecule has 0 aliphatic heterocycles. The molecule has 0 heterocycles. The van der Waals surface area contributed by atoms with Crippen LogP contribution in [0.1, 0.15) is 6.92 Å². The first-order chi connectivity index (χ1) is 7.86. The van der Waals surface area contributed by atoms with Gasteiger partial charge in [-0.05, 0) is 48.1 Å². The topological polar surface area (TPSA) is 58.2 Å². The molecule has 0 radical (unpaired) electrons. The molecule has 17 heavy (non-hydrogen) atoms. The Kier molecular flexibility index (Phi) is 4.91. The summed E-state index contributed by atoms with van der Waals surface area (Å²) in [6.07, 6.45) is 0. The molecular formula is C10H14BrFN2O2S. The minimum Gasteiger partial charge on any atom is -0.318 e. The van der Waals surface area contributed by atoms with Gasteiger partial charge in [-0.2, -0.15) is 0 Å². The van der Waals surface area contributed by atoms with E-state index in [9.17, 15) is 12.8 Å². The summed E-state index contributed by atoms with van der Waals surface area (Å²) in [6, 6.07) is 3.97. The van der Waals surface area contributed by atoms with E-state index in [4.69, 9.17) is 0 Å². The molecule has 1 aromatic rings. The first-order valence-corrected chi connectivity index (χ1v) is 7.32. The van der Waals surface area contributed by atoms with Crippen LogP contribution < -0.4 is 10.0 Å². The average Bonchev–Trinajstić information content (AvgIpc) is 2.23. The van der Waals surface area contributed by atoms with E-state index in [1.807, 2.05) is 0 Å². The van der Waals surface area contributed by atoms with E-state index in [0.717, 1.165) is 0 Å². The van der Waals surface area contributed by atoms with Crippen molar-refractivity contribution in [2.24, 2.45) is 0 Å². The van der Waals surface area contributed by atoms with Crippen LogP contribution in [0.4, 0.5) is 10.1 Å². The van der Waals surface area contributed by atoms with Crippen molar-refractivity contribution >= 4 is 31.6 Å². The molecule has 1 aromatic carbocycles. The van der Waals surface area contributed by atoms with Crippen molar-refractivity contribution in [1.82, 2.24) is 5.32 Å². The Morgan fingerprint density at radius 2 is 2.12 bits per heavy atom. The zero-order valence-corrected chi connectivity index (χ0v) is 11.9. The van der Waals surface area contributed by atoms with Crippen LogP contribution in [-0.4, -0.2) is 27.3 Å². The maximum absolute atomic E-state index is 13.0.